The fourth-order valence-electron chi connectivity index (χ4n) is 2.56. The van der Waals surface area contributed by atoms with Gasteiger partial charge in [-0.2, -0.15) is 0 Å². The highest BCUT2D eigenvalue weighted by Crippen LogP contribution is 2.34. The Hall–Kier alpha value is -0.220. The molecule has 0 radical (unpaired) electrons. The molecule has 0 saturated carbocycles. The third-order valence-electron chi connectivity index (χ3n) is 3.75. The van der Waals surface area contributed by atoms with Crippen LogP contribution in [0.1, 0.15) is 20.7 Å². The number of carbonyl (C=O) groups is 2. The van der Waals surface area contributed by atoms with Gasteiger partial charge in [-0.05, 0) is 102 Å². The molecule has 0 aliphatic heterocycles. The lowest BCUT2D eigenvalue weighted by molar-refractivity contribution is 0.0691. The maximum absolute atomic E-state index is 13.0. The summed E-state index contributed by atoms with van der Waals surface area (Å²) in [7, 11) is 0. The molecular formula is C18H9I4NO3. The molecule has 0 fully saturated rings. The van der Waals surface area contributed by atoms with Gasteiger partial charge in [0.05, 0.1) is 11.1 Å². The third kappa shape index (κ3) is 3.83. The zero-order valence-corrected chi connectivity index (χ0v) is 21.4. The van der Waals surface area contributed by atoms with E-state index in [0.29, 0.717) is 12.8 Å². The second-order valence-corrected chi connectivity index (χ2v) is 9.61. The minimum atomic E-state index is -1.11. The maximum Gasteiger partial charge on any atom is 0.337 e. The number of anilines is 1. The molecule has 0 atom stereocenters. The molecular weight excluding hydrogens is 786 g/mol. The van der Waals surface area contributed by atoms with Crippen molar-refractivity contribution in [3.8, 4) is 0 Å². The van der Waals surface area contributed by atoms with Gasteiger partial charge in [0.1, 0.15) is 0 Å². The summed E-state index contributed by atoms with van der Waals surface area (Å²) in [4.78, 5) is 24.9. The van der Waals surface area contributed by atoms with Crippen LogP contribution >= 0.6 is 90.4 Å². The molecule has 132 valence electrons. The van der Waals surface area contributed by atoms with Crippen molar-refractivity contribution in [1.82, 2.24) is 0 Å². The largest absolute Gasteiger partial charge is 0.478 e. The average molecular weight is 795 g/mol. The van der Waals surface area contributed by atoms with Crippen molar-refractivity contribution in [1.29, 1.82) is 0 Å². The van der Waals surface area contributed by atoms with Crippen LogP contribution in [0.15, 0.2) is 42.5 Å². The van der Waals surface area contributed by atoms with E-state index in [0.717, 1.165) is 17.9 Å². The van der Waals surface area contributed by atoms with Crippen LogP contribution in [-0.2, 0) is 0 Å². The fourth-order valence-corrected chi connectivity index (χ4v) is 6.23. The van der Waals surface area contributed by atoms with Gasteiger partial charge in [0.15, 0.2) is 0 Å². The molecule has 8 heteroatoms. The number of hydrogen-bond donors (Lipinski definition) is 2. The van der Waals surface area contributed by atoms with E-state index in [1.54, 1.807) is 0 Å². The first-order valence-corrected chi connectivity index (χ1v) is 11.5. The van der Waals surface area contributed by atoms with Crippen molar-refractivity contribution in [2.24, 2.45) is 0 Å². The van der Waals surface area contributed by atoms with Gasteiger partial charge in [0.25, 0.3) is 5.91 Å². The molecule has 26 heavy (non-hydrogen) atoms. The molecule has 0 unspecified atom stereocenters. The summed E-state index contributed by atoms with van der Waals surface area (Å²) in [6.07, 6.45) is 0. The van der Waals surface area contributed by atoms with Crippen LogP contribution in [0.5, 0.6) is 0 Å². The predicted octanol–water partition coefficient (Wildman–Crippen LogP) is 6.21. The van der Waals surface area contributed by atoms with E-state index >= 15 is 0 Å². The van der Waals surface area contributed by atoms with Crippen molar-refractivity contribution >= 4 is 119 Å². The molecule has 1 amide bonds. The first kappa shape index (κ1) is 20.5. The number of carboxylic acids is 1. The number of benzene rings is 3. The number of aromatic carboxylic acids is 1. The molecule has 0 aliphatic carbocycles. The highest BCUT2D eigenvalue weighted by molar-refractivity contribution is 14.1. The van der Waals surface area contributed by atoms with E-state index < -0.39 is 11.9 Å². The number of fused-ring (bicyclic) bond motifs is 1. The second kappa shape index (κ2) is 8.43. The summed E-state index contributed by atoms with van der Waals surface area (Å²) < 4.78 is 2.93. The van der Waals surface area contributed by atoms with Crippen LogP contribution in [0.25, 0.3) is 10.8 Å². The number of rotatable bonds is 3. The molecule has 0 aromatic heterocycles. The van der Waals surface area contributed by atoms with Crippen LogP contribution in [0.2, 0.25) is 0 Å². The number of nitrogens with one attached hydrogen (secondary N) is 1. The summed E-state index contributed by atoms with van der Waals surface area (Å²) in [5.41, 5.74) is 0.890. The number of hydrogen-bond acceptors (Lipinski definition) is 2. The van der Waals surface area contributed by atoms with Crippen LogP contribution in [0.4, 0.5) is 5.69 Å². The van der Waals surface area contributed by atoms with E-state index in [1.165, 1.54) is 0 Å². The molecule has 3 aromatic carbocycles. The Balaban J connectivity index is 2.15. The van der Waals surface area contributed by atoms with E-state index in [9.17, 15) is 14.7 Å². The molecule has 0 heterocycles. The number of amides is 1. The molecule has 0 bridgehead atoms. The lowest BCUT2D eigenvalue weighted by Crippen LogP contribution is -2.21. The van der Waals surface area contributed by atoms with Crippen molar-refractivity contribution in [2.75, 3.05) is 5.32 Å². The fraction of sp³-hybridized carbons (Fsp3) is 0. The Morgan fingerprint density at radius 1 is 0.769 bits per heavy atom. The molecule has 0 spiro atoms. The Kier molecular flexibility index (Phi) is 6.65. The van der Waals surface area contributed by atoms with Gasteiger partial charge in [-0.1, -0.05) is 36.4 Å². The first-order chi connectivity index (χ1) is 12.3. The molecule has 3 aromatic rings. The Morgan fingerprint density at radius 2 is 1.35 bits per heavy atom. The van der Waals surface area contributed by atoms with Crippen molar-refractivity contribution in [2.45, 2.75) is 0 Å². The lowest BCUT2D eigenvalue weighted by Gasteiger charge is -2.15. The second-order valence-electron chi connectivity index (χ2n) is 5.29. The van der Waals surface area contributed by atoms with Crippen LogP contribution in [-0.4, -0.2) is 17.0 Å². The molecule has 4 nitrogen and oxygen atoms in total. The third-order valence-corrected chi connectivity index (χ3v) is 11.2. The topological polar surface area (TPSA) is 66.4 Å². The van der Waals surface area contributed by atoms with Crippen LogP contribution in [0.3, 0.4) is 0 Å². The van der Waals surface area contributed by atoms with Gasteiger partial charge < -0.3 is 10.4 Å². The average Bonchev–Trinajstić information content (AvgIpc) is 2.62. The van der Waals surface area contributed by atoms with Crippen LogP contribution in [0, 0.1) is 14.3 Å². The highest BCUT2D eigenvalue weighted by atomic mass is 127. The Morgan fingerprint density at radius 3 is 2.00 bits per heavy atom. The maximum atomic E-state index is 13.0. The molecule has 0 aliphatic rings. The summed E-state index contributed by atoms with van der Waals surface area (Å²) >= 11 is 8.29. The summed E-state index contributed by atoms with van der Waals surface area (Å²) in [6.45, 7) is 0. The van der Waals surface area contributed by atoms with Gasteiger partial charge in [-0.15, -0.1) is 0 Å². The van der Waals surface area contributed by atoms with E-state index in [1.807, 2.05) is 87.6 Å². The number of carboxylic acid groups (broad SMARTS) is 1. The quantitative estimate of drug-likeness (QED) is 0.189. The van der Waals surface area contributed by atoms with Gasteiger partial charge in [-0.3, -0.25) is 4.79 Å². The first-order valence-electron chi connectivity index (χ1n) is 7.21. The minimum Gasteiger partial charge on any atom is -0.478 e. The standard InChI is InChI=1S/C18H9I4NO3/c19-13-11(12(18(25)26)14(20)16(22)15(13)21)17(24)23-10-7-3-5-8-4-1-2-6-9(8)10/h1-7H,(H,23,24)(H,25,26). The zero-order valence-electron chi connectivity index (χ0n) is 12.8. The minimum absolute atomic E-state index is 0.0394. The zero-order chi connectivity index (χ0) is 19.0. The summed E-state index contributed by atoms with van der Waals surface area (Å²) in [5.74, 6) is -1.53. The number of halogens is 4. The molecule has 2 N–H and O–H groups in total. The highest BCUT2D eigenvalue weighted by Gasteiger charge is 2.27. The van der Waals surface area contributed by atoms with Crippen molar-refractivity contribution in [3.05, 3.63) is 67.9 Å². The van der Waals surface area contributed by atoms with Gasteiger partial charge in [-0.25, -0.2) is 4.79 Å². The summed E-state index contributed by atoms with van der Waals surface area (Å²) in [5, 5.41) is 14.5. The predicted molar refractivity (Wildman–Crippen MR) is 136 cm³/mol. The van der Waals surface area contributed by atoms with Gasteiger partial charge in [0.2, 0.25) is 0 Å². The van der Waals surface area contributed by atoms with Crippen molar-refractivity contribution in [3.63, 3.8) is 0 Å². The van der Waals surface area contributed by atoms with E-state index in [4.69, 9.17) is 0 Å². The van der Waals surface area contributed by atoms with Crippen LogP contribution < -0.4 is 5.32 Å². The van der Waals surface area contributed by atoms with E-state index in [-0.39, 0.29) is 11.1 Å². The van der Waals surface area contributed by atoms with Gasteiger partial charge in [0, 0.05) is 25.4 Å². The summed E-state index contributed by atoms with van der Waals surface area (Å²) in [6, 6.07) is 13.4. The monoisotopic (exact) mass is 795 g/mol. The molecule has 0 saturated heterocycles. The molecule has 3 rings (SSSR count). The van der Waals surface area contributed by atoms with Gasteiger partial charge >= 0.3 is 5.97 Å². The van der Waals surface area contributed by atoms with Crippen molar-refractivity contribution < 1.29 is 14.7 Å². The lowest BCUT2D eigenvalue weighted by atomic mass is 10.1. The normalized spacial score (nSPS) is 10.8. The number of carbonyl (C=O) groups excluding carboxylic acids is 1. The Labute approximate surface area is 204 Å². The smallest absolute Gasteiger partial charge is 0.337 e. The Bertz CT molecular complexity index is 1060. The SMILES string of the molecule is O=C(O)c1c(I)c(I)c(I)c(I)c1C(=O)Nc1cccc2ccccc12. The van der Waals surface area contributed by atoms with E-state index in [2.05, 4.69) is 50.5 Å².